The first kappa shape index (κ1) is 9.48. The third kappa shape index (κ3) is 1.73. The predicted molar refractivity (Wildman–Crippen MR) is 61.4 cm³/mol. The number of hydrogen-bond acceptors (Lipinski definition) is 4. The summed E-state index contributed by atoms with van der Waals surface area (Å²) < 4.78 is 0.526. The Labute approximate surface area is 91.5 Å². The normalized spacial score (nSPS) is 20.8. The van der Waals surface area contributed by atoms with Gasteiger partial charge < -0.3 is 10.2 Å². The fourth-order valence-corrected chi connectivity index (χ4v) is 2.23. The van der Waals surface area contributed by atoms with Gasteiger partial charge in [0.25, 0.3) is 5.91 Å². The molecular formula is C9H8N2OS2. The van der Waals surface area contributed by atoms with Crippen molar-refractivity contribution < 1.29 is 4.79 Å². The summed E-state index contributed by atoms with van der Waals surface area (Å²) in [5.41, 5.74) is 0.908. The van der Waals surface area contributed by atoms with Gasteiger partial charge >= 0.3 is 0 Å². The van der Waals surface area contributed by atoms with Gasteiger partial charge in [0.15, 0.2) is 0 Å². The Bertz CT molecular complexity index is 380. The lowest BCUT2D eigenvalue weighted by molar-refractivity contribution is -0.115. The molecule has 0 spiro atoms. The maximum absolute atomic E-state index is 11.4. The van der Waals surface area contributed by atoms with Crippen molar-refractivity contribution in [3.05, 3.63) is 35.0 Å². The first-order valence-corrected chi connectivity index (χ1v) is 5.25. The van der Waals surface area contributed by atoms with Crippen molar-refractivity contribution in [2.45, 2.75) is 0 Å². The number of thiocarbonyl (C=S) groups is 1. The quantitative estimate of drug-likeness (QED) is 0.497. The van der Waals surface area contributed by atoms with Gasteiger partial charge in [-0.15, -0.1) is 0 Å². The minimum atomic E-state index is -0.103. The van der Waals surface area contributed by atoms with Crippen LogP contribution in [0.15, 0.2) is 35.0 Å². The largest absolute Gasteiger partial charge is 0.357 e. The van der Waals surface area contributed by atoms with Crippen LogP contribution in [0.2, 0.25) is 0 Å². The number of amides is 1. The van der Waals surface area contributed by atoms with Gasteiger partial charge in [0.05, 0.1) is 4.91 Å². The zero-order valence-corrected chi connectivity index (χ0v) is 9.11. The van der Waals surface area contributed by atoms with Gasteiger partial charge in [-0.05, 0) is 17.7 Å². The lowest BCUT2D eigenvalue weighted by atomic mass is 10.2. The number of carbonyl (C=O) groups excluding carboxylic acids is 1. The van der Waals surface area contributed by atoms with Gasteiger partial charge in [0.1, 0.15) is 4.32 Å². The van der Waals surface area contributed by atoms with Gasteiger partial charge in [0, 0.05) is 19.4 Å². The highest BCUT2D eigenvalue weighted by Gasteiger charge is 2.24. The van der Waals surface area contributed by atoms with Crippen LogP contribution < -0.4 is 5.32 Å². The zero-order chi connectivity index (χ0) is 10.1. The first-order valence-electron chi connectivity index (χ1n) is 4.02. The summed E-state index contributed by atoms with van der Waals surface area (Å²) in [4.78, 5) is 14.0. The Kier molecular flexibility index (Phi) is 2.43. The molecule has 0 saturated carbocycles. The van der Waals surface area contributed by atoms with E-state index in [1.54, 1.807) is 0 Å². The molecular weight excluding hydrogens is 216 g/mol. The molecule has 0 radical (unpaired) electrons. The smallest absolute Gasteiger partial charge is 0.264 e. The van der Waals surface area contributed by atoms with E-state index >= 15 is 0 Å². The maximum Gasteiger partial charge on any atom is 0.264 e. The second-order valence-corrected chi connectivity index (χ2v) is 4.61. The number of carbonyl (C=O) groups is 1. The van der Waals surface area contributed by atoms with Crippen LogP contribution in [-0.4, -0.2) is 22.2 Å². The van der Waals surface area contributed by atoms with Crippen LogP contribution in [0, 0.1) is 0 Å². The lowest BCUT2D eigenvalue weighted by Crippen LogP contribution is -2.18. The minimum Gasteiger partial charge on any atom is -0.357 e. The molecule has 72 valence electrons. The third-order valence-corrected chi connectivity index (χ3v) is 3.12. The van der Waals surface area contributed by atoms with E-state index in [4.69, 9.17) is 12.2 Å². The highest BCUT2D eigenvalue weighted by atomic mass is 32.2. The summed E-state index contributed by atoms with van der Waals surface area (Å²) in [6.07, 6.45) is 7.60. The summed E-state index contributed by atoms with van der Waals surface area (Å²) in [5.74, 6) is -0.103. The van der Waals surface area contributed by atoms with Gasteiger partial charge in [-0.25, -0.2) is 0 Å². The summed E-state index contributed by atoms with van der Waals surface area (Å²) in [5, 5.41) is 2.59. The average Bonchev–Trinajstić information content (AvgIpc) is 2.47. The second kappa shape index (κ2) is 3.59. The molecule has 14 heavy (non-hydrogen) atoms. The Hall–Kier alpha value is -1.07. The molecule has 0 unspecified atom stereocenters. The van der Waals surface area contributed by atoms with Crippen molar-refractivity contribution in [1.29, 1.82) is 0 Å². The first-order chi connectivity index (χ1) is 6.66. The molecule has 5 heteroatoms. The number of allylic oxidation sites excluding steroid dienone is 3. The van der Waals surface area contributed by atoms with Crippen LogP contribution in [0.5, 0.6) is 0 Å². The Morgan fingerprint density at radius 1 is 1.43 bits per heavy atom. The van der Waals surface area contributed by atoms with E-state index in [0.717, 1.165) is 5.57 Å². The van der Waals surface area contributed by atoms with Crippen LogP contribution in [0.25, 0.3) is 0 Å². The second-order valence-electron chi connectivity index (χ2n) is 2.93. The van der Waals surface area contributed by atoms with Crippen molar-refractivity contribution in [2.75, 3.05) is 7.05 Å². The van der Waals surface area contributed by atoms with Crippen molar-refractivity contribution in [1.82, 2.24) is 10.2 Å². The molecule has 1 saturated heterocycles. The minimum absolute atomic E-state index is 0.103. The molecule has 2 rings (SSSR count). The average molecular weight is 224 g/mol. The van der Waals surface area contributed by atoms with Crippen molar-refractivity contribution in [2.24, 2.45) is 0 Å². The molecule has 2 heterocycles. The summed E-state index contributed by atoms with van der Waals surface area (Å²) in [7, 11) is 1.93. The van der Waals surface area contributed by atoms with E-state index in [2.05, 4.69) is 5.32 Å². The fourth-order valence-electron chi connectivity index (χ4n) is 1.16. The van der Waals surface area contributed by atoms with Crippen LogP contribution in [0.3, 0.4) is 0 Å². The number of nitrogens with one attached hydrogen (secondary N) is 1. The maximum atomic E-state index is 11.4. The van der Waals surface area contributed by atoms with Gasteiger partial charge in [-0.3, -0.25) is 4.79 Å². The van der Waals surface area contributed by atoms with Crippen LogP contribution >= 0.6 is 24.0 Å². The van der Waals surface area contributed by atoms with Crippen LogP contribution in [0.1, 0.15) is 0 Å². The monoisotopic (exact) mass is 224 g/mol. The van der Waals surface area contributed by atoms with E-state index in [9.17, 15) is 4.79 Å². The number of thioether (sulfide) groups is 1. The van der Waals surface area contributed by atoms with Gasteiger partial charge in [0.2, 0.25) is 0 Å². The Morgan fingerprint density at radius 3 is 2.57 bits per heavy atom. The highest BCUT2D eigenvalue weighted by molar-refractivity contribution is 8.26. The molecule has 0 aromatic rings. The molecule has 0 aliphatic carbocycles. The molecule has 1 amide bonds. The molecule has 0 atom stereocenters. The number of hydrogen-bond donors (Lipinski definition) is 1. The summed E-state index contributed by atoms with van der Waals surface area (Å²) in [6, 6.07) is 0. The topological polar surface area (TPSA) is 32.3 Å². The number of rotatable bonds is 0. The Balaban J connectivity index is 2.33. The fraction of sp³-hybridized carbons (Fsp3) is 0.111. The molecule has 2 aliphatic rings. The SMILES string of the molecule is CN1C=CC(=C2SC(=S)NC2=O)C=C1. The standard InChI is InChI=1S/C9H8N2OS2/c1-11-4-2-6(3-5-11)7-8(12)10-9(13)14-7/h2-5H,1H3,(H,10,12,13). The van der Waals surface area contributed by atoms with Crippen LogP contribution in [-0.2, 0) is 4.79 Å². The lowest BCUT2D eigenvalue weighted by Gasteiger charge is -2.12. The molecule has 0 aromatic heterocycles. The Morgan fingerprint density at radius 2 is 2.07 bits per heavy atom. The molecule has 1 N–H and O–H groups in total. The molecule has 1 fully saturated rings. The van der Waals surface area contributed by atoms with Gasteiger partial charge in [-0.1, -0.05) is 24.0 Å². The van der Waals surface area contributed by atoms with E-state index in [-0.39, 0.29) is 5.91 Å². The third-order valence-electron chi connectivity index (χ3n) is 1.86. The van der Waals surface area contributed by atoms with E-state index < -0.39 is 0 Å². The summed E-state index contributed by atoms with van der Waals surface area (Å²) >= 11 is 6.21. The number of nitrogens with zero attached hydrogens (tertiary/aromatic N) is 1. The molecule has 3 nitrogen and oxygen atoms in total. The van der Waals surface area contributed by atoms with Crippen molar-refractivity contribution in [3.8, 4) is 0 Å². The summed E-state index contributed by atoms with van der Waals surface area (Å²) in [6.45, 7) is 0. The zero-order valence-electron chi connectivity index (χ0n) is 7.48. The van der Waals surface area contributed by atoms with E-state index in [1.165, 1.54) is 11.8 Å². The van der Waals surface area contributed by atoms with Crippen molar-refractivity contribution >= 4 is 34.2 Å². The predicted octanol–water partition coefficient (Wildman–Crippen LogP) is 1.36. The molecule has 0 bridgehead atoms. The van der Waals surface area contributed by atoms with E-state index in [0.29, 0.717) is 9.23 Å². The molecule has 0 aromatic carbocycles. The van der Waals surface area contributed by atoms with E-state index in [1.807, 2.05) is 36.5 Å². The van der Waals surface area contributed by atoms with Crippen LogP contribution in [0.4, 0.5) is 0 Å². The van der Waals surface area contributed by atoms with Crippen molar-refractivity contribution in [3.63, 3.8) is 0 Å². The van der Waals surface area contributed by atoms with Gasteiger partial charge in [-0.2, -0.15) is 0 Å². The molecule has 2 aliphatic heterocycles. The highest BCUT2D eigenvalue weighted by Crippen LogP contribution is 2.28.